The maximum atomic E-state index is 15.7. The minimum atomic E-state index is -1.28. The van der Waals surface area contributed by atoms with Gasteiger partial charge in [-0.05, 0) is 55.3 Å². The highest BCUT2D eigenvalue weighted by molar-refractivity contribution is 5.89. The fourth-order valence-electron chi connectivity index (χ4n) is 4.12. The summed E-state index contributed by atoms with van der Waals surface area (Å²) in [6, 6.07) is 23.0. The molecule has 0 bridgehead atoms. The molecule has 0 radical (unpaired) electrons. The molecule has 0 aliphatic rings. The molecule has 1 heterocycles. The Kier molecular flexibility index (Phi) is 10.4. The van der Waals surface area contributed by atoms with Crippen LogP contribution in [0, 0.1) is 12.8 Å². The molecule has 222 valence electrons. The van der Waals surface area contributed by atoms with E-state index in [1.807, 2.05) is 48.5 Å². The van der Waals surface area contributed by atoms with E-state index in [2.05, 4.69) is 20.8 Å². The third-order valence-corrected chi connectivity index (χ3v) is 6.53. The van der Waals surface area contributed by atoms with Gasteiger partial charge in [0.05, 0.1) is 36.5 Å². The first kappa shape index (κ1) is 30.6. The first-order chi connectivity index (χ1) is 20.7. The van der Waals surface area contributed by atoms with Crippen LogP contribution in [0.1, 0.15) is 45.8 Å². The zero-order chi connectivity index (χ0) is 30.8. The number of aryl methyl sites for hydroxylation is 1. The summed E-state index contributed by atoms with van der Waals surface area (Å²) in [7, 11) is 1.25. The summed E-state index contributed by atoms with van der Waals surface area (Å²) in [5, 5.41) is 14.1. The summed E-state index contributed by atoms with van der Waals surface area (Å²) in [5.41, 5.74) is 3.35. The Hall–Kier alpha value is -5.32. The van der Waals surface area contributed by atoms with Crippen molar-refractivity contribution in [2.45, 2.75) is 33.0 Å². The van der Waals surface area contributed by atoms with E-state index in [9.17, 15) is 14.4 Å². The number of rotatable bonds is 11. The molecule has 0 saturated carbocycles. The minimum absolute atomic E-state index is 0.0148. The monoisotopic (exact) mass is 585 g/mol. The summed E-state index contributed by atoms with van der Waals surface area (Å²) >= 11 is 0. The zero-order valence-corrected chi connectivity index (χ0v) is 24.0. The highest BCUT2D eigenvalue weighted by Crippen LogP contribution is 2.25. The van der Waals surface area contributed by atoms with Crippen LogP contribution in [0.5, 0.6) is 0 Å². The number of ether oxygens (including phenoxy) is 2. The summed E-state index contributed by atoms with van der Waals surface area (Å²) in [4.78, 5) is 38.9. The van der Waals surface area contributed by atoms with E-state index in [0.717, 1.165) is 17.3 Å². The first-order valence-corrected chi connectivity index (χ1v) is 13.5. The van der Waals surface area contributed by atoms with Crippen molar-refractivity contribution >= 4 is 18.0 Å². The third-order valence-electron chi connectivity index (χ3n) is 6.53. The Morgan fingerprint density at radius 3 is 2.26 bits per heavy atom. The quantitative estimate of drug-likeness (QED) is 0.234. The number of carbonyl (C=O) groups excluding carboxylic acids is 3. The molecule has 10 nitrogen and oxygen atoms in total. The van der Waals surface area contributed by atoms with Crippen molar-refractivity contribution in [3.63, 3.8) is 0 Å². The molecule has 1 unspecified atom stereocenters. The fourth-order valence-corrected chi connectivity index (χ4v) is 4.12. The molecule has 0 spiro atoms. The number of benzene rings is 3. The van der Waals surface area contributed by atoms with E-state index < -0.39 is 35.8 Å². The molecule has 2 atom stereocenters. The number of esters is 1. The number of hydrogen-bond donors (Lipinski definition) is 2. The lowest BCUT2D eigenvalue weighted by atomic mass is 10.0. The molecule has 1 aromatic heterocycles. The summed E-state index contributed by atoms with van der Waals surface area (Å²) in [6.07, 6.45) is 0.267. The van der Waals surface area contributed by atoms with Crippen molar-refractivity contribution in [3.8, 4) is 5.69 Å². The van der Waals surface area contributed by atoms with Gasteiger partial charge >= 0.3 is 12.1 Å². The molecular formula is C32H32FN5O5. The van der Waals surface area contributed by atoms with E-state index >= 15 is 4.39 Å². The number of nitrogens with zero attached hydrogens (tertiary/aromatic N) is 3. The minimum Gasteiger partial charge on any atom is -0.465 e. The predicted molar refractivity (Wildman–Crippen MR) is 157 cm³/mol. The van der Waals surface area contributed by atoms with Gasteiger partial charge in [0.25, 0.3) is 0 Å². The van der Waals surface area contributed by atoms with Gasteiger partial charge < -0.3 is 20.1 Å². The van der Waals surface area contributed by atoms with Crippen molar-refractivity contribution in [1.29, 1.82) is 0 Å². The SMILES string of the molecule is COC(=O)c1ccc(C(NC(=O)OCc2ccccc2)/C(F)=C/[C@@H](C)C(=O)NCc2nn(-c3ccccc3)nc2C)cc1. The number of aromatic nitrogens is 3. The molecule has 2 N–H and O–H groups in total. The van der Waals surface area contributed by atoms with Crippen LogP contribution in [0.2, 0.25) is 0 Å². The number of amides is 2. The van der Waals surface area contributed by atoms with Gasteiger partial charge in [0.2, 0.25) is 5.91 Å². The zero-order valence-electron chi connectivity index (χ0n) is 24.0. The number of methoxy groups -OCH3 is 1. The fraction of sp³-hybridized carbons (Fsp3) is 0.219. The number of para-hydroxylation sites is 1. The Labute approximate surface area is 248 Å². The van der Waals surface area contributed by atoms with E-state index in [1.54, 1.807) is 19.1 Å². The standard InChI is InChI=1S/C32H32FN5O5/c1-21(30(39)34-19-28-22(2)36-38(37-28)26-12-8-5-9-13-26)18-27(33)29(24-14-16-25(17-15-24)31(40)42-3)35-32(41)43-20-23-10-6-4-7-11-23/h4-18,21,29H,19-20H2,1-3H3,(H,34,39)(H,35,41)/b27-18-/t21-,29?/m1/s1. The smallest absolute Gasteiger partial charge is 0.408 e. The van der Waals surface area contributed by atoms with Gasteiger partial charge in [0.1, 0.15) is 24.2 Å². The summed E-state index contributed by atoms with van der Waals surface area (Å²) < 4.78 is 25.7. The second-order valence-electron chi connectivity index (χ2n) is 9.67. The first-order valence-electron chi connectivity index (χ1n) is 13.5. The van der Waals surface area contributed by atoms with Crippen LogP contribution in [-0.2, 0) is 27.4 Å². The van der Waals surface area contributed by atoms with Crippen LogP contribution in [0.15, 0.2) is 96.8 Å². The molecule has 11 heteroatoms. The Balaban J connectivity index is 1.45. The van der Waals surface area contributed by atoms with Gasteiger partial charge in [0.15, 0.2) is 0 Å². The normalized spacial score (nSPS) is 12.6. The van der Waals surface area contributed by atoms with Gasteiger partial charge in [-0.1, -0.05) is 60.7 Å². The van der Waals surface area contributed by atoms with E-state index in [1.165, 1.54) is 43.1 Å². The molecule has 0 saturated heterocycles. The Bertz CT molecular complexity index is 1570. The lowest BCUT2D eigenvalue weighted by Gasteiger charge is -2.19. The number of carbonyl (C=O) groups is 3. The number of nitrogens with one attached hydrogen (secondary N) is 2. The molecule has 0 fully saturated rings. The molecule has 4 aromatic rings. The summed E-state index contributed by atoms with van der Waals surface area (Å²) in [6.45, 7) is 3.40. The highest BCUT2D eigenvalue weighted by Gasteiger charge is 2.23. The van der Waals surface area contributed by atoms with Crippen molar-refractivity contribution in [3.05, 3.63) is 125 Å². The van der Waals surface area contributed by atoms with Crippen LogP contribution >= 0.6 is 0 Å². The molecule has 3 aromatic carbocycles. The van der Waals surface area contributed by atoms with Gasteiger partial charge in [-0.3, -0.25) is 4.79 Å². The average Bonchev–Trinajstić information content (AvgIpc) is 3.42. The van der Waals surface area contributed by atoms with Crippen LogP contribution in [0.3, 0.4) is 0 Å². The van der Waals surface area contributed by atoms with Gasteiger partial charge in [-0.2, -0.15) is 15.0 Å². The average molecular weight is 586 g/mol. The number of alkyl carbamates (subject to hydrolysis) is 1. The maximum Gasteiger partial charge on any atom is 0.408 e. The van der Waals surface area contributed by atoms with Crippen molar-refractivity contribution in [2.24, 2.45) is 5.92 Å². The van der Waals surface area contributed by atoms with E-state index in [-0.39, 0.29) is 18.7 Å². The molecule has 2 amide bonds. The molecule has 4 rings (SSSR count). The van der Waals surface area contributed by atoms with Gasteiger partial charge in [-0.25, -0.2) is 14.0 Å². The predicted octanol–water partition coefficient (Wildman–Crippen LogP) is 5.14. The van der Waals surface area contributed by atoms with E-state index in [0.29, 0.717) is 17.0 Å². The third kappa shape index (κ3) is 8.35. The molecule has 0 aliphatic carbocycles. The highest BCUT2D eigenvalue weighted by atomic mass is 19.1. The number of halogens is 1. The van der Waals surface area contributed by atoms with Crippen LogP contribution in [0.25, 0.3) is 5.69 Å². The van der Waals surface area contributed by atoms with E-state index in [4.69, 9.17) is 9.47 Å². The largest absolute Gasteiger partial charge is 0.465 e. The van der Waals surface area contributed by atoms with Crippen molar-refractivity contribution in [1.82, 2.24) is 25.6 Å². The molecule has 43 heavy (non-hydrogen) atoms. The molecular weight excluding hydrogens is 553 g/mol. The Morgan fingerprint density at radius 2 is 1.60 bits per heavy atom. The maximum absolute atomic E-state index is 15.7. The van der Waals surface area contributed by atoms with Crippen molar-refractivity contribution < 1.29 is 28.2 Å². The summed E-state index contributed by atoms with van der Waals surface area (Å²) in [5.74, 6) is -2.69. The van der Waals surface area contributed by atoms with Crippen LogP contribution in [-0.4, -0.2) is 40.1 Å². The number of hydrogen-bond acceptors (Lipinski definition) is 7. The second-order valence-corrected chi connectivity index (χ2v) is 9.67. The van der Waals surface area contributed by atoms with Crippen LogP contribution in [0.4, 0.5) is 9.18 Å². The second kappa shape index (κ2) is 14.5. The lowest BCUT2D eigenvalue weighted by Crippen LogP contribution is -2.31. The van der Waals surface area contributed by atoms with Gasteiger partial charge in [-0.15, -0.1) is 0 Å². The van der Waals surface area contributed by atoms with Crippen molar-refractivity contribution in [2.75, 3.05) is 7.11 Å². The lowest BCUT2D eigenvalue weighted by molar-refractivity contribution is -0.123. The van der Waals surface area contributed by atoms with Crippen LogP contribution < -0.4 is 10.6 Å². The molecule has 0 aliphatic heterocycles. The van der Waals surface area contributed by atoms with Gasteiger partial charge in [0, 0.05) is 0 Å². The topological polar surface area (TPSA) is 124 Å². The Morgan fingerprint density at radius 1 is 0.953 bits per heavy atom.